The topological polar surface area (TPSA) is 56.9 Å². The fourth-order valence-electron chi connectivity index (χ4n) is 5.62. The van der Waals surface area contributed by atoms with Crippen LogP contribution < -0.4 is 5.56 Å². The van der Waals surface area contributed by atoms with Crippen molar-refractivity contribution < 1.29 is 4.79 Å². The first-order valence-corrected chi connectivity index (χ1v) is 15.2. The van der Waals surface area contributed by atoms with E-state index in [4.69, 9.17) is 4.98 Å². The number of thioether (sulfide) groups is 1. The Hall–Kier alpha value is -3.42. The molecule has 0 unspecified atom stereocenters. The number of aromatic nitrogens is 3. The zero-order valence-corrected chi connectivity index (χ0v) is 24.3. The van der Waals surface area contributed by atoms with Crippen molar-refractivity contribution in [2.24, 2.45) is 5.92 Å². The number of Topliss-reactive ketones (excluding diaryl/α,β-unsaturated/α-hetero) is 1. The smallest absolute Gasteiger partial charge is 0.267 e. The zero-order chi connectivity index (χ0) is 27.3. The highest BCUT2D eigenvalue weighted by molar-refractivity contribution is 7.99. The van der Waals surface area contributed by atoms with Gasteiger partial charge in [-0.3, -0.25) is 14.2 Å². The summed E-state index contributed by atoms with van der Waals surface area (Å²) in [5.74, 6) is 0.845. The van der Waals surface area contributed by atoms with Gasteiger partial charge in [0.05, 0.1) is 16.8 Å². The van der Waals surface area contributed by atoms with Crippen LogP contribution in [0.2, 0.25) is 0 Å². The molecule has 1 atom stereocenters. The number of fused-ring (bicyclic) bond motifs is 3. The molecule has 0 aliphatic heterocycles. The summed E-state index contributed by atoms with van der Waals surface area (Å²) in [4.78, 5) is 34.6. The van der Waals surface area contributed by atoms with Gasteiger partial charge >= 0.3 is 0 Å². The number of carbonyl (C=O) groups is 1. The summed E-state index contributed by atoms with van der Waals surface area (Å²) in [6.45, 7) is 8.36. The predicted molar refractivity (Wildman–Crippen MR) is 161 cm³/mol. The highest BCUT2D eigenvalue weighted by atomic mass is 32.2. The molecule has 7 heteroatoms. The summed E-state index contributed by atoms with van der Waals surface area (Å²) in [7, 11) is 0. The summed E-state index contributed by atoms with van der Waals surface area (Å²) >= 11 is 2.99. The van der Waals surface area contributed by atoms with Crippen molar-refractivity contribution in [2.75, 3.05) is 5.75 Å². The molecule has 6 rings (SSSR count). The van der Waals surface area contributed by atoms with Crippen LogP contribution in [0.1, 0.15) is 51.1 Å². The quantitative estimate of drug-likeness (QED) is 0.126. The molecule has 1 aliphatic rings. The fraction of sp³-hybridized carbons (Fsp3) is 0.281. The van der Waals surface area contributed by atoms with Gasteiger partial charge < -0.3 is 4.57 Å². The van der Waals surface area contributed by atoms with Gasteiger partial charge in [-0.05, 0) is 81.8 Å². The molecule has 0 bridgehead atoms. The Balaban J connectivity index is 1.37. The second kappa shape index (κ2) is 10.3. The molecule has 0 amide bonds. The largest absolute Gasteiger partial charge is 0.318 e. The van der Waals surface area contributed by atoms with E-state index in [0.29, 0.717) is 16.6 Å². The SMILES string of the molecule is Cc1ccc(-n2c(C)cc(C(=O)CSc3nc4sc5c(c4c(=O)n3-c3ccccc3)CC[C@@H](C)C5)c2C)cc1. The summed E-state index contributed by atoms with van der Waals surface area (Å²) < 4.78 is 3.82. The number of carbonyl (C=O) groups excluding carboxylic acids is 1. The normalized spacial score (nSPS) is 15.0. The fourth-order valence-corrected chi connectivity index (χ4v) is 7.94. The zero-order valence-electron chi connectivity index (χ0n) is 22.7. The van der Waals surface area contributed by atoms with Gasteiger partial charge in [-0.15, -0.1) is 11.3 Å². The molecule has 3 heterocycles. The van der Waals surface area contributed by atoms with Crippen molar-refractivity contribution in [1.29, 1.82) is 0 Å². The predicted octanol–water partition coefficient (Wildman–Crippen LogP) is 7.26. The molecular formula is C32H31N3O2S2. The molecule has 198 valence electrons. The van der Waals surface area contributed by atoms with Gasteiger partial charge in [-0.25, -0.2) is 4.98 Å². The van der Waals surface area contributed by atoms with E-state index in [1.165, 1.54) is 27.8 Å². The van der Waals surface area contributed by atoms with Crippen molar-refractivity contribution in [3.63, 3.8) is 0 Å². The van der Waals surface area contributed by atoms with Crippen LogP contribution in [-0.4, -0.2) is 25.7 Å². The number of rotatable bonds is 6. The van der Waals surface area contributed by atoms with Gasteiger partial charge in [0.15, 0.2) is 10.9 Å². The van der Waals surface area contributed by atoms with E-state index in [0.717, 1.165) is 52.2 Å². The summed E-state index contributed by atoms with van der Waals surface area (Å²) in [6, 6.07) is 19.9. The number of thiophene rings is 1. The lowest BCUT2D eigenvalue weighted by atomic mass is 9.89. The second-order valence-corrected chi connectivity index (χ2v) is 12.6. The molecule has 5 nitrogen and oxygen atoms in total. The summed E-state index contributed by atoms with van der Waals surface area (Å²) in [5, 5.41) is 1.31. The van der Waals surface area contributed by atoms with E-state index < -0.39 is 0 Å². The average molecular weight is 554 g/mol. The van der Waals surface area contributed by atoms with Crippen molar-refractivity contribution in [3.8, 4) is 11.4 Å². The molecule has 2 aromatic carbocycles. The lowest BCUT2D eigenvalue weighted by Crippen LogP contribution is -2.23. The minimum atomic E-state index is -0.0363. The van der Waals surface area contributed by atoms with Gasteiger partial charge in [0.25, 0.3) is 5.56 Å². The Kier molecular flexibility index (Phi) is 6.81. The molecule has 5 aromatic rings. The number of hydrogen-bond acceptors (Lipinski definition) is 5. The third kappa shape index (κ3) is 4.68. The van der Waals surface area contributed by atoms with Crippen LogP contribution in [0.15, 0.2) is 70.6 Å². The van der Waals surface area contributed by atoms with E-state index >= 15 is 0 Å². The van der Waals surface area contributed by atoms with Crippen molar-refractivity contribution >= 4 is 39.1 Å². The maximum Gasteiger partial charge on any atom is 0.267 e. The first-order valence-electron chi connectivity index (χ1n) is 13.4. The lowest BCUT2D eigenvalue weighted by Gasteiger charge is -2.17. The number of ketones is 1. The molecule has 39 heavy (non-hydrogen) atoms. The highest BCUT2D eigenvalue weighted by Gasteiger charge is 2.26. The molecule has 1 aliphatic carbocycles. The van der Waals surface area contributed by atoms with Crippen LogP contribution >= 0.6 is 23.1 Å². The van der Waals surface area contributed by atoms with Crippen LogP contribution in [0.3, 0.4) is 0 Å². The minimum absolute atomic E-state index is 0.0275. The molecule has 0 saturated carbocycles. The summed E-state index contributed by atoms with van der Waals surface area (Å²) in [6.07, 6.45) is 3.01. The number of hydrogen-bond donors (Lipinski definition) is 0. The van der Waals surface area contributed by atoms with Crippen molar-refractivity contribution in [1.82, 2.24) is 14.1 Å². The Morgan fingerprint density at radius 2 is 1.74 bits per heavy atom. The first kappa shape index (κ1) is 25.8. The Bertz CT molecular complexity index is 1760. The first-order chi connectivity index (χ1) is 18.8. The van der Waals surface area contributed by atoms with E-state index in [9.17, 15) is 9.59 Å². The van der Waals surface area contributed by atoms with E-state index in [-0.39, 0.29) is 17.1 Å². The lowest BCUT2D eigenvalue weighted by molar-refractivity contribution is 0.102. The Morgan fingerprint density at radius 1 is 1.03 bits per heavy atom. The van der Waals surface area contributed by atoms with Crippen LogP contribution in [0.5, 0.6) is 0 Å². The van der Waals surface area contributed by atoms with Gasteiger partial charge in [-0.1, -0.05) is 54.6 Å². The minimum Gasteiger partial charge on any atom is -0.318 e. The third-order valence-corrected chi connectivity index (χ3v) is 9.76. The maximum atomic E-state index is 14.0. The van der Waals surface area contributed by atoms with Crippen LogP contribution in [0, 0.1) is 26.7 Å². The van der Waals surface area contributed by atoms with Crippen LogP contribution in [0.25, 0.3) is 21.6 Å². The third-order valence-electron chi connectivity index (χ3n) is 7.67. The molecule has 0 saturated heterocycles. The average Bonchev–Trinajstić information content (AvgIpc) is 3.44. The molecule has 0 fully saturated rings. The number of nitrogens with zero attached hydrogens (tertiary/aromatic N) is 3. The van der Waals surface area contributed by atoms with Gasteiger partial charge in [0.2, 0.25) is 0 Å². The number of para-hydroxylation sites is 1. The maximum absolute atomic E-state index is 14.0. The Morgan fingerprint density at radius 3 is 2.49 bits per heavy atom. The number of aryl methyl sites for hydroxylation is 3. The van der Waals surface area contributed by atoms with E-state index in [1.807, 2.05) is 50.2 Å². The van der Waals surface area contributed by atoms with Gasteiger partial charge in [0.1, 0.15) is 4.83 Å². The van der Waals surface area contributed by atoms with Gasteiger partial charge in [0, 0.05) is 27.5 Å². The molecule has 0 N–H and O–H groups in total. The highest BCUT2D eigenvalue weighted by Crippen LogP contribution is 2.37. The van der Waals surface area contributed by atoms with Crippen molar-refractivity contribution in [2.45, 2.75) is 52.1 Å². The monoisotopic (exact) mass is 553 g/mol. The Labute approximate surface area is 236 Å². The van der Waals surface area contributed by atoms with E-state index in [2.05, 4.69) is 42.7 Å². The molecule has 0 radical (unpaired) electrons. The van der Waals surface area contributed by atoms with Gasteiger partial charge in [-0.2, -0.15) is 0 Å². The van der Waals surface area contributed by atoms with Crippen LogP contribution in [-0.2, 0) is 12.8 Å². The standard InChI is InChI=1S/C32H31N3O2S2/c1-19-10-13-24(14-11-19)34-21(3)17-26(22(34)4)27(36)18-38-32-33-30-29(25-15-12-20(2)16-28(25)39-30)31(37)35(32)23-8-6-5-7-9-23/h5-11,13-14,17,20H,12,15-16,18H2,1-4H3/t20-/m1/s1. The molecule has 3 aromatic heterocycles. The van der Waals surface area contributed by atoms with Crippen molar-refractivity contribution in [3.05, 3.63) is 104 Å². The molecule has 0 spiro atoms. The molecular weight excluding hydrogens is 523 g/mol. The second-order valence-electron chi connectivity index (χ2n) is 10.6. The number of benzene rings is 2. The van der Waals surface area contributed by atoms with Crippen LogP contribution in [0.4, 0.5) is 0 Å². The van der Waals surface area contributed by atoms with E-state index in [1.54, 1.807) is 15.9 Å². The summed E-state index contributed by atoms with van der Waals surface area (Å²) in [5.41, 5.74) is 6.79.